The van der Waals surface area contributed by atoms with Crippen LogP contribution in [0.2, 0.25) is 0 Å². The molecule has 0 bridgehead atoms. The molecule has 1 atom stereocenters. The zero-order valence-corrected chi connectivity index (χ0v) is 13.3. The first-order valence-electron chi connectivity index (χ1n) is 7.34. The Morgan fingerprint density at radius 2 is 1.90 bits per heavy atom. The van der Waals surface area contributed by atoms with Crippen LogP contribution in [0.1, 0.15) is 46.0 Å². The molecule has 114 valence electrons. The third-order valence-electron chi connectivity index (χ3n) is 3.00. The molecule has 1 N–H and O–H groups in total. The standard InChI is InChI=1S/C14H27N5O/c1-6-7-8-9-10-11(2)20-14-17-12(15-3)16-13(18-14)19(4)5/h11H,6-10H2,1-5H3,(H,15,16,17,18). The molecule has 0 aliphatic heterocycles. The lowest BCUT2D eigenvalue weighted by Gasteiger charge is -2.16. The van der Waals surface area contributed by atoms with Crippen molar-refractivity contribution in [3.05, 3.63) is 0 Å². The van der Waals surface area contributed by atoms with Crippen molar-refractivity contribution in [2.24, 2.45) is 0 Å². The number of anilines is 2. The van der Waals surface area contributed by atoms with Gasteiger partial charge in [-0.1, -0.05) is 26.2 Å². The molecule has 0 amide bonds. The predicted octanol–water partition coefficient (Wildman–Crippen LogP) is 2.72. The van der Waals surface area contributed by atoms with Crippen molar-refractivity contribution in [2.45, 2.75) is 52.1 Å². The number of nitrogens with one attached hydrogen (secondary N) is 1. The fourth-order valence-corrected chi connectivity index (χ4v) is 1.81. The molecular formula is C14H27N5O. The molecule has 1 heterocycles. The third-order valence-corrected chi connectivity index (χ3v) is 3.00. The molecule has 6 nitrogen and oxygen atoms in total. The average Bonchev–Trinajstić information content (AvgIpc) is 2.43. The zero-order valence-electron chi connectivity index (χ0n) is 13.3. The Morgan fingerprint density at radius 3 is 2.50 bits per heavy atom. The number of aromatic nitrogens is 3. The second-order valence-corrected chi connectivity index (χ2v) is 5.16. The number of nitrogens with zero attached hydrogens (tertiary/aromatic N) is 4. The summed E-state index contributed by atoms with van der Waals surface area (Å²) >= 11 is 0. The molecule has 0 aromatic carbocycles. The molecule has 0 spiro atoms. The Kier molecular flexibility index (Phi) is 7.04. The average molecular weight is 281 g/mol. The van der Waals surface area contributed by atoms with Crippen molar-refractivity contribution in [1.82, 2.24) is 15.0 Å². The van der Waals surface area contributed by atoms with Gasteiger partial charge in [-0.25, -0.2) is 0 Å². The van der Waals surface area contributed by atoms with Crippen LogP contribution in [0.4, 0.5) is 11.9 Å². The first-order chi connectivity index (χ1) is 9.56. The van der Waals surface area contributed by atoms with Gasteiger partial charge in [-0.05, 0) is 19.8 Å². The highest BCUT2D eigenvalue weighted by atomic mass is 16.5. The van der Waals surface area contributed by atoms with E-state index in [-0.39, 0.29) is 6.10 Å². The highest BCUT2D eigenvalue weighted by Crippen LogP contribution is 2.16. The molecule has 0 saturated heterocycles. The van der Waals surface area contributed by atoms with Crippen molar-refractivity contribution in [3.8, 4) is 6.01 Å². The largest absolute Gasteiger partial charge is 0.460 e. The molecule has 1 aromatic rings. The summed E-state index contributed by atoms with van der Waals surface area (Å²) in [6.07, 6.45) is 6.12. The van der Waals surface area contributed by atoms with Gasteiger partial charge in [-0.3, -0.25) is 0 Å². The van der Waals surface area contributed by atoms with Gasteiger partial charge in [0.2, 0.25) is 11.9 Å². The predicted molar refractivity (Wildman–Crippen MR) is 82.5 cm³/mol. The highest BCUT2D eigenvalue weighted by Gasteiger charge is 2.11. The number of hydrogen-bond donors (Lipinski definition) is 1. The van der Waals surface area contributed by atoms with Crippen LogP contribution in [-0.2, 0) is 0 Å². The Bertz CT molecular complexity index is 397. The molecule has 20 heavy (non-hydrogen) atoms. The fourth-order valence-electron chi connectivity index (χ4n) is 1.81. The Hall–Kier alpha value is -1.59. The summed E-state index contributed by atoms with van der Waals surface area (Å²) < 4.78 is 5.80. The van der Waals surface area contributed by atoms with Gasteiger partial charge in [-0.15, -0.1) is 0 Å². The second kappa shape index (κ2) is 8.55. The van der Waals surface area contributed by atoms with Crippen molar-refractivity contribution in [3.63, 3.8) is 0 Å². The Morgan fingerprint density at radius 1 is 1.15 bits per heavy atom. The molecule has 1 unspecified atom stereocenters. The first-order valence-corrected chi connectivity index (χ1v) is 7.34. The lowest BCUT2D eigenvalue weighted by Crippen LogP contribution is -2.18. The van der Waals surface area contributed by atoms with E-state index in [1.165, 1.54) is 25.7 Å². The Balaban J connectivity index is 2.59. The van der Waals surface area contributed by atoms with Crippen LogP contribution in [0, 0.1) is 0 Å². The van der Waals surface area contributed by atoms with Crippen molar-refractivity contribution in [2.75, 3.05) is 31.4 Å². The van der Waals surface area contributed by atoms with Crippen LogP contribution < -0.4 is 15.0 Å². The van der Waals surface area contributed by atoms with Crippen LogP contribution >= 0.6 is 0 Å². The SMILES string of the molecule is CCCCCCC(C)Oc1nc(NC)nc(N(C)C)n1. The number of rotatable bonds is 9. The number of hydrogen-bond acceptors (Lipinski definition) is 6. The second-order valence-electron chi connectivity index (χ2n) is 5.16. The normalized spacial score (nSPS) is 12.1. The summed E-state index contributed by atoms with van der Waals surface area (Å²) in [7, 11) is 5.58. The van der Waals surface area contributed by atoms with Gasteiger partial charge in [0.1, 0.15) is 0 Å². The van der Waals surface area contributed by atoms with E-state index in [9.17, 15) is 0 Å². The third kappa shape index (κ3) is 5.59. The number of ether oxygens (including phenoxy) is 1. The van der Waals surface area contributed by atoms with Crippen LogP contribution in [0.15, 0.2) is 0 Å². The summed E-state index contributed by atoms with van der Waals surface area (Å²) in [6.45, 7) is 4.27. The summed E-state index contributed by atoms with van der Waals surface area (Å²) in [6, 6.07) is 0.385. The van der Waals surface area contributed by atoms with E-state index in [2.05, 4.69) is 34.1 Å². The van der Waals surface area contributed by atoms with E-state index in [4.69, 9.17) is 4.74 Å². The molecule has 6 heteroatoms. The van der Waals surface area contributed by atoms with Gasteiger partial charge in [0.25, 0.3) is 0 Å². The topological polar surface area (TPSA) is 63.2 Å². The Labute approximate surface area is 122 Å². The summed E-state index contributed by atoms with van der Waals surface area (Å²) in [5.41, 5.74) is 0. The molecule has 1 aromatic heterocycles. The van der Waals surface area contributed by atoms with E-state index in [0.29, 0.717) is 17.9 Å². The summed E-state index contributed by atoms with van der Waals surface area (Å²) in [4.78, 5) is 14.6. The number of unbranched alkanes of at least 4 members (excludes halogenated alkanes) is 3. The van der Waals surface area contributed by atoms with Gasteiger partial charge in [0, 0.05) is 21.1 Å². The zero-order chi connectivity index (χ0) is 15.0. The maximum Gasteiger partial charge on any atom is 0.323 e. The molecule has 0 fully saturated rings. The molecule has 1 rings (SSSR count). The van der Waals surface area contributed by atoms with Crippen LogP contribution in [-0.4, -0.2) is 42.2 Å². The maximum atomic E-state index is 5.80. The lowest BCUT2D eigenvalue weighted by molar-refractivity contribution is 0.189. The van der Waals surface area contributed by atoms with Gasteiger partial charge in [0.05, 0.1) is 6.10 Å². The van der Waals surface area contributed by atoms with Crippen LogP contribution in [0.3, 0.4) is 0 Å². The van der Waals surface area contributed by atoms with Crippen molar-refractivity contribution in [1.29, 1.82) is 0 Å². The lowest BCUT2D eigenvalue weighted by atomic mass is 10.1. The van der Waals surface area contributed by atoms with E-state index in [1.54, 1.807) is 7.05 Å². The molecule has 0 aliphatic rings. The van der Waals surface area contributed by atoms with E-state index in [1.807, 2.05) is 19.0 Å². The maximum absolute atomic E-state index is 5.80. The minimum atomic E-state index is 0.119. The van der Waals surface area contributed by atoms with Gasteiger partial charge in [-0.2, -0.15) is 15.0 Å². The minimum absolute atomic E-state index is 0.119. The van der Waals surface area contributed by atoms with E-state index >= 15 is 0 Å². The quantitative estimate of drug-likeness (QED) is 0.702. The van der Waals surface area contributed by atoms with E-state index < -0.39 is 0 Å². The van der Waals surface area contributed by atoms with Gasteiger partial charge in [0.15, 0.2) is 0 Å². The molecule has 0 aliphatic carbocycles. The van der Waals surface area contributed by atoms with Crippen LogP contribution in [0.5, 0.6) is 6.01 Å². The van der Waals surface area contributed by atoms with Gasteiger partial charge < -0.3 is 15.0 Å². The monoisotopic (exact) mass is 281 g/mol. The minimum Gasteiger partial charge on any atom is -0.460 e. The highest BCUT2D eigenvalue weighted by molar-refractivity contribution is 5.36. The first kappa shape index (κ1) is 16.5. The smallest absolute Gasteiger partial charge is 0.323 e. The molecule has 0 saturated carbocycles. The molecule has 0 radical (unpaired) electrons. The summed E-state index contributed by atoms with van der Waals surface area (Å²) in [5.74, 6) is 1.12. The van der Waals surface area contributed by atoms with E-state index in [0.717, 1.165) is 6.42 Å². The van der Waals surface area contributed by atoms with Crippen molar-refractivity contribution < 1.29 is 4.74 Å². The summed E-state index contributed by atoms with van der Waals surface area (Å²) in [5, 5.41) is 2.93. The van der Waals surface area contributed by atoms with Crippen molar-refractivity contribution >= 4 is 11.9 Å². The van der Waals surface area contributed by atoms with Crippen LogP contribution in [0.25, 0.3) is 0 Å². The molecular weight excluding hydrogens is 254 g/mol. The van der Waals surface area contributed by atoms with Gasteiger partial charge >= 0.3 is 6.01 Å². The fraction of sp³-hybridized carbons (Fsp3) is 0.786.